The fourth-order valence-corrected chi connectivity index (χ4v) is 2.34. The average Bonchev–Trinajstić information content (AvgIpc) is 3.07. The predicted octanol–water partition coefficient (Wildman–Crippen LogP) is 1.85. The number of anilines is 1. The van der Waals surface area contributed by atoms with Crippen LogP contribution in [0.1, 0.15) is 0 Å². The number of hydrogen-bond donors (Lipinski definition) is 1. The first-order valence-electron chi connectivity index (χ1n) is 7.39. The quantitative estimate of drug-likeness (QED) is 0.662. The van der Waals surface area contributed by atoms with Crippen molar-refractivity contribution in [3.8, 4) is 11.4 Å². The summed E-state index contributed by atoms with van der Waals surface area (Å²) in [6, 6.07) is 7.61. The molecule has 3 aromatic rings. The lowest BCUT2D eigenvalue weighted by atomic mass is 10.3. The van der Waals surface area contributed by atoms with Crippen LogP contribution in [0.3, 0.4) is 0 Å². The van der Waals surface area contributed by atoms with Gasteiger partial charge in [-0.05, 0) is 24.3 Å². The molecule has 8 nitrogen and oxygen atoms in total. The molecule has 126 valence electrons. The van der Waals surface area contributed by atoms with Crippen LogP contribution in [0.25, 0.3) is 16.7 Å². The summed E-state index contributed by atoms with van der Waals surface area (Å²) in [7, 11) is 4.82. The van der Waals surface area contributed by atoms with E-state index in [9.17, 15) is 0 Å². The molecule has 8 heteroatoms. The van der Waals surface area contributed by atoms with Crippen molar-refractivity contribution in [3.63, 3.8) is 0 Å². The maximum atomic E-state index is 5.18. The van der Waals surface area contributed by atoms with Crippen LogP contribution in [-0.4, -0.2) is 53.9 Å². The van der Waals surface area contributed by atoms with Crippen molar-refractivity contribution in [2.24, 2.45) is 0 Å². The highest BCUT2D eigenvalue weighted by Gasteiger charge is 2.12. The van der Waals surface area contributed by atoms with Crippen molar-refractivity contribution in [3.05, 3.63) is 36.8 Å². The Kier molecular flexibility index (Phi) is 4.88. The number of nitrogens with zero attached hydrogens (tertiary/aromatic N) is 4. The molecule has 2 heterocycles. The molecule has 0 saturated heterocycles. The van der Waals surface area contributed by atoms with Crippen LogP contribution in [0.2, 0.25) is 0 Å². The van der Waals surface area contributed by atoms with Crippen LogP contribution < -0.4 is 10.1 Å². The molecule has 0 radical (unpaired) electrons. The SMILES string of the molecule is COc1ccc(-n2ncc3c(NCC(OC)OC)ncnc32)cc1. The van der Waals surface area contributed by atoms with Gasteiger partial charge in [-0.1, -0.05) is 0 Å². The van der Waals surface area contributed by atoms with E-state index in [4.69, 9.17) is 14.2 Å². The van der Waals surface area contributed by atoms with Crippen LogP contribution in [0.5, 0.6) is 5.75 Å². The Morgan fingerprint density at radius 3 is 2.50 bits per heavy atom. The molecule has 0 fully saturated rings. The smallest absolute Gasteiger partial charge is 0.173 e. The van der Waals surface area contributed by atoms with Crippen LogP contribution >= 0.6 is 0 Å². The second-order valence-electron chi connectivity index (χ2n) is 5.00. The van der Waals surface area contributed by atoms with Gasteiger partial charge in [-0.15, -0.1) is 0 Å². The summed E-state index contributed by atoms with van der Waals surface area (Å²) >= 11 is 0. The number of hydrogen-bond acceptors (Lipinski definition) is 7. The van der Waals surface area contributed by atoms with Gasteiger partial charge in [0.25, 0.3) is 0 Å². The minimum atomic E-state index is -0.355. The molecular weight excluding hydrogens is 310 g/mol. The third-order valence-electron chi connectivity index (χ3n) is 3.64. The Bertz CT molecular complexity index is 799. The minimum Gasteiger partial charge on any atom is -0.497 e. The van der Waals surface area contributed by atoms with E-state index in [0.717, 1.165) is 16.8 Å². The summed E-state index contributed by atoms with van der Waals surface area (Å²) in [6.07, 6.45) is 2.88. The molecule has 0 unspecified atom stereocenters. The fraction of sp³-hybridized carbons (Fsp3) is 0.312. The molecule has 1 N–H and O–H groups in total. The number of ether oxygens (including phenoxy) is 3. The number of nitrogens with one attached hydrogen (secondary N) is 1. The van der Waals surface area contributed by atoms with Crippen LogP contribution in [0.4, 0.5) is 5.82 Å². The molecule has 0 spiro atoms. The third-order valence-corrected chi connectivity index (χ3v) is 3.64. The first kappa shape index (κ1) is 16.2. The Labute approximate surface area is 139 Å². The van der Waals surface area contributed by atoms with Gasteiger partial charge in [-0.2, -0.15) is 5.10 Å². The molecule has 0 amide bonds. The molecule has 0 saturated carbocycles. The lowest BCUT2D eigenvalue weighted by molar-refractivity contribution is -0.0914. The Morgan fingerprint density at radius 2 is 1.83 bits per heavy atom. The molecule has 0 bridgehead atoms. The van der Waals surface area contributed by atoms with Crippen LogP contribution in [0.15, 0.2) is 36.8 Å². The fourth-order valence-electron chi connectivity index (χ4n) is 2.34. The van der Waals surface area contributed by atoms with Gasteiger partial charge >= 0.3 is 0 Å². The lowest BCUT2D eigenvalue weighted by Gasteiger charge is -2.14. The Hall–Kier alpha value is -2.71. The van der Waals surface area contributed by atoms with Crippen molar-refractivity contribution >= 4 is 16.9 Å². The highest BCUT2D eigenvalue weighted by atomic mass is 16.7. The monoisotopic (exact) mass is 329 g/mol. The van der Waals surface area contributed by atoms with E-state index in [1.54, 1.807) is 32.2 Å². The molecule has 3 rings (SSSR count). The van der Waals surface area contributed by atoms with Gasteiger partial charge in [-0.3, -0.25) is 0 Å². The van der Waals surface area contributed by atoms with Crippen LogP contribution in [0, 0.1) is 0 Å². The normalized spacial score (nSPS) is 11.2. The average molecular weight is 329 g/mol. The van der Waals surface area contributed by atoms with Gasteiger partial charge in [0.05, 0.1) is 30.9 Å². The van der Waals surface area contributed by atoms with E-state index in [-0.39, 0.29) is 6.29 Å². The summed E-state index contributed by atoms with van der Waals surface area (Å²) in [6.45, 7) is 0.465. The van der Waals surface area contributed by atoms with Gasteiger partial charge in [-0.25, -0.2) is 14.6 Å². The molecule has 0 aliphatic carbocycles. The van der Waals surface area contributed by atoms with Gasteiger partial charge < -0.3 is 19.5 Å². The topological polar surface area (TPSA) is 83.3 Å². The van der Waals surface area contributed by atoms with Gasteiger partial charge in [0, 0.05) is 14.2 Å². The zero-order chi connectivity index (χ0) is 16.9. The molecule has 1 aromatic carbocycles. The van der Waals surface area contributed by atoms with E-state index in [0.29, 0.717) is 18.0 Å². The number of benzene rings is 1. The largest absolute Gasteiger partial charge is 0.497 e. The summed E-state index contributed by atoms with van der Waals surface area (Å²) in [5.74, 6) is 1.47. The first-order chi connectivity index (χ1) is 11.8. The Balaban J connectivity index is 1.90. The highest BCUT2D eigenvalue weighted by Crippen LogP contribution is 2.22. The van der Waals surface area contributed by atoms with Gasteiger partial charge in [0.15, 0.2) is 11.9 Å². The third kappa shape index (κ3) is 3.15. The first-order valence-corrected chi connectivity index (χ1v) is 7.39. The standard InChI is InChI=1S/C16H19N5O3/c1-22-12-6-4-11(5-7-12)21-16-13(8-20-21)15(18-10-19-16)17-9-14(23-2)24-3/h4-8,10,14H,9H2,1-3H3,(H,17,18,19). The predicted molar refractivity (Wildman–Crippen MR) is 89.5 cm³/mol. The summed E-state index contributed by atoms with van der Waals surface area (Å²) < 4.78 is 17.3. The number of aromatic nitrogens is 4. The van der Waals surface area contributed by atoms with Crippen molar-refractivity contribution in [2.75, 3.05) is 33.2 Å². The second kappa shape index (κ2) is 7.24. The van der Waals surface area contributed by atoms with Crippen molar-refractivity contribution < 1.29 is 14.2 Å². The van der Waals surface area contributed by atoms with Crippen molar-refractivity contribution in [1.29, 1.82) is 0 Å². The molecule has 0 aliphatic rings. The van der Waals surface area contributed by atoms with Gasteiger partial charge in [0.1, 0.15) is 17.9 Å². The van der Waals surface area contributed by atoms with Crippen LogP contribution in [-0.2, 0) is 9.47 Å². The molecule has 2 aromatic heterocycles. The molecule has 0 aliphatic heterocycles. The number of methoxy groups -OCH3 is 3. The highest BCUT2D eigenvalue weighted by molar-refractivity contribution is 5.87. The van der Waals surface area contributed by atoms with E-state index in [1.165, 1.54) is 6.33 Å². The van der Waals surface area contributed by atoms with E-state index in [1.807, 2.05) is 24.3 Å². The second-order valence-corrected chi connectivity index (χ2v) is 5.00. The number of rotatable bonds is 7. The van der Waals surface area contributed by atoms with Crippen molar-refractivity contribution in [2.45, 2.75) is 6.29 Å². The Morgan fingerprint density at radius 1 is 1.08 bits per heavy atom. The summed E-state index contributed by atoms with van der Waals surface area (Å²) in [4.78, 5) is 8.62. The lowest BCUT2D eigenvalue weighted by Crippen LogP contribution is -2.24. The molecular formula is C16H19N5O3. The maximum Gasteiger partial charge on any atom is 0.173 e. The van der Waals surface area contributed by atoms with E-state index < -0.39 is 0 Å². The zero-order valence-electron chi connectivity index (χ0n) is 13.8. The molecule has 0 atom stereocenters. The van der Waals surface area contributed by atoms with E-state index >= 15 is 0 Å². The van der Waals surface area contributed by atoms with Crippen molar-refractivity contribution in [1.82, 2.24) is 19.7 Å². The number of fused-ring (bicyclic) bond motifs is 1. The minimum absolute atomic E-state index is 0.355. The summed E-state index contributed by atoms with van der Waals surface area (Å²) in [5, 5.41) is 8.44. The maximum absolute atomic E-state index is 5.18. The van der Waals surface area contributed by atoms with E-state index in [2.05, 4.69) is 20.4 Å². The molecule has 24 heavy (non-hydrogen) atoms. The van der Waals surface area contributed by atoms with Gasteiger partial charge in [0.2, 0.25) is 0 Å². The zero-order valence-corrected chi connectivity index (χ0v) is 13.8. The summed E-state index contributed by atoms with van der Waals surface area (Å²) in [5.41, 5.74) is 1.60.